The molecule has 1 atom stereocenters. The normalized spacial score (nSPS) is 30.2. The predicted octanol–water partition coefficient (Wildman–Crippen LogP) is 0.0828. The molecule has 9 heteroatoms. The third kappa shape index (κ3) is 4.57. The van der Waals surface area contributed by atoms with Gasteiger partial charge in [-0.2, -0.15) is 0 Å². The van der Waals surface area contributed by atoms with Crippen LogP contribution in [0.25, 0.3) is 0 Å². The number of carboxylic acids is 1. The van der Waals surface area contributed by atoms with E-state index < -0.39 is 11.6 Å². The molecule has 2 heterocycles. The van der Waals surface area contributed by atoms with Crippen LogP contribution in [0, 0.1) is 0 Å². The Hall–Kier alpha value is -1.87. The van der Waals surface area contributed by atoms with E-state index >= 15 is 0 Å². The number of hydrogen-bond acceptors (Lipinski definition) is 5. The number of β-amino-alcohol motifs (C(OH)–C–C–N with tert-alkyl or cyclic N) is 1. The van der Waals surface area contributed by atoms with E-state index in [1.165, 1.54) is 0 Å². The highest BCUT2D eigenvalue weighted by Gasteiger charge is 2.45. The second-order valence-electron chi connectivity index (χ2n) is 8.28. The van der Waals surface area contributed by atoms with Gasteiger partial charge in [0.25, 0.3) is 5.91 Å². The summed E-state index contributed by atoms with van der Waals surface area (Å²) in [6.45, 7) is 4.53. The highest BCUT2D eigenvalue weighted by molar-refractivity contribution is 5.86. The third-order valence-electron chi connectivity index (χ3n) is 6.25. The lowest BCUT2D eigenvalue weighted by atomic mass is 9.85. The predicted molar refractivity (Wildman–Crippen MR) is 102 cm³/mol. The van der Waals surface area contributed by atoms with Crippen molar-refractivity contribution < 1.29 is 24.6 Å². The topological polar surface area (TPSA) is 113 Å². The van der Waals surface area contributed by atoms with Crippen molar-refractivity contribution in [1.82, 2.24) is 20.0 Å². The highest BCUT2D eigenvalue weighted by atomic mass is 16.4. The Morgan fingerprint density at radius 1 is 1.11 bits per heavy atom. The summed E-state index contributed by atoms with van der Waals surface area (Å²) in [5.41, 5.74) is -1.48. The van der Waals surface area contributed by atoms with Gasteiger partial charge in [-0.05, 0) is 45.1 Å². The van der Waals surface area contributed by atoms with E-state index in [0.29, 0.717) is 39.0 Å². The molecule has 3 N–H and O–H groups in total. The lowest BCUT2D eigenvalue weighted by molar-refractivity contribution is -0.154. The molecule has 2 saturated heterocycles. The Balaban J connectivity index is 1.48. The van der Waals surface area contributed by atoms with Gasteiger partial charge in [0.15, 0.2) is 5.60 Å². The van der Waals surface area contributed by atoms with E-state index in [-0.39, 0.29) is 37.1 Å². The Bertz CT molecular complexity index is 603. The van der Waals surface area contributed by atoms with Crippen molar-refractivity contribution in [3.8, 4) is 0 Å². The SMILES string of the molecule is CCN(CC(=O)O)C1CC(NC(=O)N2CCCC(O)(C(=O)N3CCCC3)C2)C1. The summed E-state index contributed by atoms with van der Waals surface area (Å²) in [6, 6.07) is -0.0804. The molecule has 3 aliphatic rings. The summed E-state index contributed by atoms with van der Waals surface area (Å²) in [4.78, 5) is 41.4. The van der Waals surface area contributed by atoms with Gasteiger partial charge in [-0.25, -0.2) is 4.79 Å². The van der Waals surface area contributed by atoms with Crippen molar-refractivity contribution in [2.45, 2.75) is 63.1 Å². The number of carboxylic acid groups (broad SMARTS) is 1. The summed E-state index contributed by atoms with van der Waals surface area (Å²) in [5, 5.41) is 22.8. The smallest absolute Gasteiger partial charge is 0.317 e. The molecule has 0 spiro atoms. The number of aliphatic carboxylic acids is 1. The molecule has 0 aromatic rings. The van der Waals surface area contributed by atoms with Crippen molar-refractivity contribution in [2.75, 3.05) is 39.3 Å². The molecule has 0 bridgehead atoms. The fraction of sp³-hybridized carbons (Fsp3) is 0.842. The lowest BCUT2D eigenvalue weighted by Gasteiger charge is -2.44. The molecule has 0 aromatic carbocycles. The first-order chi connectivity index (χ1) is 13.3. The van der Waals surface area contributed by atoms with E-state index in [2.05, 4.69) is 5.32 Å². The van der Waals surface area contributed by atoms with Gasteiger partial charge < -0.3 is 25.3 Å². The number of rotatable bonds is 6. The largest absolute Gasteiger partial charge is 0.480 e. The van der Waals surface area contributed by atoms with Crippen LogP contribution in [0.5, 0.6) is 0 Å². The Labute approximate surface area is 165 Å². The Morgan fingerprint density at radius 3 is 2.36 bits per heavy atom. The Kier molecular flexibility index (Phi) is 6.44. The van der Waals surface area contributed by atoms with E-state index in [9.17, 15) is 19.5 Å². The number of aliphatic hydroxyl groups is 1. The number of carbonyl (C=O) groups excluding carboxylic acids is 2. The van der Waals surface area contributed by atoms with Crippen LogP contribution in [0.15, 0.2) is 0 Å². The summed E-state index contributed by atoms with van der Waals surface area (Å²) in [6.07, 6.45) is 4.35. The minimum Gasteiger partial charge on any atom is -0.480 e. The van der Waals surface area contributed by atoms with Crippen LogP contribution < -0.4 is 5.32 Å². The lowest BCUT2D eigenvalue weighted by Crippen LogP contribution is -2.62. The van der Waals surface area contributed by atoms with Gasteiger partial charge in [0.05, 0.1) is 13.1 Å². The van der Waals surface area contributed by atoms with Crippen LogP contribution in [0.4, 0.5) is 4.79 Å². The number of piperidine rings is 1. The first-order valence-electron chi connectivity index (χ1n) is 10.4. The van der Waals surface area contributed by atoms with Crippen molar-refractivity contribution in [3.63, 3.8) is 0 Å². The zero-order valence-corrected chi connectivity index (χ0v) is 16.6. The quantitative estimate of drug-likeness (QED) is 0.586. The van der Waals surface area contributed by atoms with Gasteiger partial charge in [0, 0.05) is 31.7 Å². The standard InChI is InChI=1S/C19H32N4O5/c1-2-21(12-16(24)25)15-10-14(11-15)20-18(27)23-9-5-6-19(28,13-23)17(26)22-7-3-4-8-22/h14-15,28H,2-13H2,1H3,(H,20,27)(H,24,25). The van der Waals surface area contributed by atoms with Crippen LogP contribution in [0.2, 0.25) is 0 Å². The fourth-order valence-corrected chi connectivity index (χ4v) is 4.54. The van der Waals surface area contributed by atoms with E-state index in [0.717, 1.165) is 25.7 Å². The number of likely N-dealkylation sites (tertiary alicyclic amines) is 2. The second kappa shape index (κ2) is 8.65. The molecule has 158 valence electrons. The van der Waals surface area contributed by atoms with Crippen LogP contribution in [0.3, 0.4) is 0 Å². The molecule has 1 aliphatic carbocycles. The second-order valence-corrected chi connectivity index (χ2v) is 8.28. The average Bonchev–Trinajstić information content (AvgIpc) is 3.16. The summed E-state index contributed by atoms with van der Waals surface area (Å²) in [5.74, 6) is -1.09. The zero-order chi connectivity index (χ0) is 20.3. The van der Waals surface area contributed by atoms with Crippen LogP contribution in [-0.2, 0) is 9.59 Å². The molecule has 3 amide bonds. The van der Waals surface area contributed by atoms with Gasteiger partial charge >= 0.3 is 12.0 Å². The van der Waals surface area contributed by atoms with Crippen molar-refractivity contribution in [1.29, 1.82) is 0 Å². The molecule has 9 nitrogen and oxygen atoms in total. The molecule has 28 heavy (non-hydrogen) atoms. The van der Waals surface area contributed by atoms with Crippen molar-refractivity contribution >= 4 is 17.9 Å². The van der Waals surface area contributed by atoms with Gasteiger partial charge in [-0.1, -0.05) is 6.92 Å². The van der Waals surface area contributed by atoms with Crippen molar-refractivity contribution in [2.24, 2.45) is 0 Å². The summed E-state index contributed by atoms with van der Waals surface area (Å²) < 4.78 is 0. The monoisotopic (exact) mass is 396 g/mol. The van der Waals surface area contributed by atoms with E-state index in [1.54, 1.807) is 9.80 Å². The maximum Gasteiger partial charge on any atom is 0.317 e. The minimum absolute atomic E-state index is 0.00430. The number of amides is 3. The molecule has 1 unspecified atom stereocenters. The number of nitrogens with zero attached hydrogens (tertiary/aromatic N) is 3. The number of carbonyl (C=O) groups is 3. The molecule has 2 aliphatic heterocycles. The number of urea groups is 1. The first-order valence-corrected chi connectivity index (χ1v) is 10.4. The zero-order valence-electron chi connectivity index (χ0n) is 16.6. The molecule has 0 radical (unpaired) electrons. The van der Waals surface area contributed by atoms with Gasteiger partial charge in [-0.15, -0.1) is 0 Å². The number of hydrogen-bond donors (Lipinski definition) is 3. The molecule has 1 saturated carbocycles. The summed E-state index contributed by atoms with van der Waals surface area (Å²) in [7, 11) is 0. The van der Waals surface area contributed by atoms with Crippen LogP contribution in [-0.4, -0.2) is 99.8 Å². The number of likely N-dealkylation sites (N-methyl/N-ethyl adjacent to an activating group) is 1. The van der Waals surface area contributed by atoms with Crippen LogP contribution >= 0.6 is 0 Å². The molecule has 3 fully saturated rings. The molecule has 3 rings (SSSR count). The van der Waals surface area contributed by atoms with E-state index in [4.69, 9.17) is 5.11 Å². The van der Waals surface area contributed by atoms with Gasteiger partial charge in [0.2, 0.25) is 0 Å². The van der Waals surface area contributed by atoms with E-state index in [1.807, 2.05) is 11.8 Å². The molecular formula is C19H32N4O5. The van der Waals surface area contributed by atoms with Crippen molar-refractivity contribution in [3.05, 3.63) is 0 Å². The highest BCUT2D eigenvalue weighted by Crippen LogP contribution is 2.28. The average molecular weight is 396 g/mol. The number of nitrogens with one attached hydrogen (secondary N) is 1. The maximum absolute atomic E-state index is 12.7. The third-order valence-corrected chi connectivity index (χ3v) is 6.25. The van der Waals surface area contributed by atoms with Crippen LogP contribution in [0.1, 0.15) is 45.4 Å². The molecule has 0 aromatic heterocycles. The maximum atomic E-state index is 12.7. The fourth-order valence-electron chi connectivity index (χ4n) is 4.54. The minimum atomic E-state index is -1.48. The summed E-state index contributed by atoms with van der Waals surface area (Å²) >= 11 is 0. The van der Waals surface area contributed by atoms with Gasteiger partial charge in [0.1, 0.15) is 0 Å². The molecular weight excluding hydrogens is 364 g/mol. The Morgan fingerprint density at radius 2 is 1.75 bits per heavy atom. The first kappa shape index (κ1) is 20.9. The van der Waals surface area contributed by atoms with Gasteiger partial charge in [-0.3, -0.25) is 14.5 Å².